The maximum atomic E-state index is 13.7. The first-order valence-corrected chi connectivity index (χ1v) is 9.10. The molecule has 6 heteroatoms. The van der Waals surface area contributed by atoms with Gasteiger partial charge in [-0.05, 0) is 41.3 Å². The number of hydrogen-bond donors (Lipinski definition) is 0. The highest BCUT2D eigenvalue weighted by Crippen LogP contribution is 2.45. The summed E-state index contributed by atoms with van der Waals surface area (Å²) in [6.45, 7) is 4.07. The van der Waals surface area contributed by atoms with E-state index in [-0.39, 0.29) is 29.6 Å². The quantitative estimate of drug-likeness (QED) is 0.817. The standard InChI is InChI=1S/C21H21F3N2O/c1-13(27)26-11-16-10-25(9-14-5-18(23)8-19(24)6-14)12-20(16)21(26)15-3-2-4-17(22)7-15/h2-8,16,20-21H,9-12H2,1H3/t16-,20-,21+/m1/s1. The number of carbonyl (C=O) groups excluding carboxylic acids is 1. The van der Waals surface area contributed by atoms with Crippen LogP contribution in [0.15, 0.2) is 42.5 Å². The molecule has 2 saturated heterocycles. The first-order valence-electron chi connectivity index (χ1n) is 9.10. The molecule has 3 atom stereocenters. The van der Waals surface area contributed by atoms with Gasteiger partial charge in [-0.25, -0.2) is 13.2 Å². The van der Waals surface area contributed by atoms with E-state index in [1.807, 2.05) is 11.0 Å². The van der Waals surface area contributed by atoms with Crippen molar-refractivity contribution < 1.29 is 18.0 Å². The molecule has 2 aromatic carbocycles. The van der Waals surface area contributed by atoms with Crippen LogP contribution in [-0.4, -0.2) is 35.3 Å². The van der Waals surface area contributed by atoms with E-state index in [1.165, 1.54) is 24.3 Å². The molecule has 0 saturated carbocycles. The van der Waals surface area contributed by atoms with Gasteiger partial charge in [-0.2, -0.15) is 0 Å². The molecule has 2 heterocycles. The van der Waals surface area contributed by atoms with Gasteiger partial charge < -0.3 is 4.90 Å². The number of benzene rings is 2. The lowest BCUT2D eigenvalue weighted by Gasteiger charge is -2.29. The molecule has 27 heavy (non-hydrogen) atoms. The lowest BCUT2D eigenvalue weighted by Crippen LogP contribution is -2.34. The molecular weight excluding hydrogens is 353 g/mol. The monoisotopic (exact) mass is 374 g/mol. The van der Waals surface area contributed by atoms with E-state index in [0.717, 1.165) is 18.2 Å². The Balaban J connectivity index is 1.55. The van der Waals surface area contributed by atoms with Gasteiger partial charge in [0.2, 0.25) is 5.91 Å². The summed E-state index contributed by atoms with van der Waals surface area (Å²) in [7, 11) is 0. The summed E-state index contributed by atoms with van der Waals surface area (Å²) in [5.74, 6) is -1.05. The molecule has 2 aromatic rings. The second kappa shape index (κ2) is 7.00. The summed E-state index contributed by atoms with van der Waals surface area (Å²) in [6.07, 6.45) is 0. The van der Waals surface area contributed by atoms with Crippen molar-refractivity contribution in [1.29, 1.82) is 0 Å². The summed E-state index contributed by atoms with van der Waals surface area (Å²) in [6, 6.07) is 9.81. The van der Waals surface area contributed by atoms with Crippen molar-refractivity contribution in [2.75, 3.05) is 19.6 Å². The third-order valence-electron chi connectivity index (χ3n) is 5.66. The molecule has 0 bridgehead atoms. The molecular formula is C21H21F3N2O. The van der Waals surface area contributed by atoms with Crippen LogP contribution in [0.25, 0.3) is 0 Å². The van der Waals surface area contributed by atoms with Gasteiger partial charge >= 0.3 is 0 Å². The first-order chi connectivity index (χ1) is 12.9. The molecule has 0 unspecified atom stereocenters. The third-order valence-corrected chi connectivity index (χ3v) is 5.66. The average Bonchev–Trinajstić information content (AvgIpc) is 3.10. The van der Waals surface area contributed by atoms with Crippen LogP contribution in [0.3, 0.4) is 0 Å². The van der Waals surface area contributed by atoms with E-state index in [4.69, 9.17) is 0 Å². The molecule has 2 aliphatic heterocycles. The van der Waals surface area contributed by atoms with Gasteiger partial charge in [0, 0.05) is 45.1 Å². The summed E-state index contributed by atoms with van der Waals surface area (Å²) >= 11 is 0. The highest BCUT2D eigenvalue weighted by Gasteiger charge is 2.48. The normalized spacial score (nSPS) is 25.0. The van der Waals surface area contributed by atoms with Gasteiger partial charge in [0.1, 0.15) is 17.5 Å². The topological polar surface area (TPSA) is 23.6 Å². The second-order valence-corrected chi connectivity index (χ2v) is 7.57. The third kappa shape index (κ3) is 3.58. The fourth-order valence-corrected chi connectivity index (χ4v) is 4.67. The number of hydrogen-bond acceptors (Lipinski definition) is 2. The molecule has 2 fully saturated rings. The van der Waals surface area contributed by atoms with E-state index >= 15 is 0 Å². The molecule has 4 rings (SSSR count). The van der Waals surface area contributed by atoms with Crippen molar-refractivity contribution in [3.63, 3.8) is 0 Å². The van der Waals surface area contributed by atoms with Gasteiger partial charge in [-0.15, -0.1) is 0 Å². The van der Waals surface area contributed by atoms with Crippen LogP contribution in [0.1, 0.15) is 24.1 Å². The molecule has 0 aromatic heterocycles. The van der Waals surface area contributed by atoms with Crippen molar-refractivity contribution in [3.8, 4) is 0 Å². The van der Waals surface area contributed by atoms with Crippen LogP contribution >= 0.6 is 0 Å². The van der Waals surface area contributed by atoms with Gasteiger partial charge in [-0.1, -0.05) is 12.1 Å². The summed E-state index contributed by atoms with van der Waals surface area (Å²) in [5.41, 5.74) is 1.40. The largest absolute Gasteiger partial charge is 0.335 e. The van der Waals surface area contributed by atoms with Crippen molar-refractivity contribution >= 4 is 5.91 Å². The molecule has 3 nitrogen and oxygen atoms in total. The molecule has 0 spiro atoms. The molecule has 2 aliphatic rings. The Morgan fingerprint density at radius 1 is 1.00 bits per heavy atom. The molecule has 0 radical (unpaired) electrons. The Morgan fingerprint density at radius 3 is 2.41 bits per heavy atom. The van der Waals surface area contributed by atoms with E-state index in [1.54, 1.807) is 13.0 Å². The van der Waals surface area contributed by atoms with Crippen molar-refractivity contribution in [2.45, 2.75) is 19.5 Å². The maximum absolute atomic E-state index is 13.7. The predicted molar refractivity (Wildman–Crippen MR) is 95.1 cm³/mol. The highest BCUT2D eigenvalue weighted by molar-refractivity contribution is 5.74. The lowest BCUT2D eigenvalue weighted by atomic mass is 9.89. The van der Waals surface area contributed by atoms with Crippen molar-refractivity contribution in [2.24, 2.45) is 11.8 Å². The van der Waals surface area contributed by atoms with E-state index in [2.05, 4.69) is 4.90 Å². The van der Waals surface area contributed by atoms with Crippen molar-refractivity contribution in [1.82, 2.24) is 9.80 Å². The van der Waals surface area contributed by atoms with Gasteiger partial charge in [-0.3, -0.25) is 9.69 Å². The van der Waals surface area contributed by atoms with Crippen molar-refractivity contribution in [3.05, 3.63) is 71.0 Å². The van der Waals surface area contributed by atoms with Crippen LogP contribution in [0.4, 0.5) is 13.2 Å². The zero-order chi connectivity index (χ0) is 19.1. The molecule has 1 amide bonds. The average molecular weight is 374 g/mol. The Kier molecular flexibility index (Phi) is 4.68. The second-order valence-electron chi connectivity index (χ2n) is 7.57. The highest BCUT2D eigenvalue weighted by atomic mass is 19.1. The van der Waals surface area contributed by atoms with E-state index in [9.17, 15) is 18.0 Å². The zero-order valence-electron chi connectivity index (χ0n) is 15.0. The van der Waals surface area contributed by atoms with Crippen LogP contribution in [0.5, 0.6) is 0 Å². The fourth-order valence-electron chi connectivity index (χ4n) is 4.67. The SMILES string of the molecule is CC(=O)N1C[C@H]2CN(Cc3cc(F)cc(F)c3)C[C@H]2[C@@H]1c1cccc(F)c1. The van der Waals surface area contributed by atoms with E-state index in [0.29, 0.717) is 25.2 Å². The molecule has 142 valence electrons. The predicted octanol–water partition coefficient (Wildman–Crippen LogP) is 3.76. The van der Waals surface area contributed by atoms with E-state index < -0.39 is 11.6 Å². The number of likely N-dealkylation sites (tertiary alicyclic amines) is 2. The smallest absolute Gasteiger partial charge is 0.219 e. The zero-order valence-corrected chi connectivity index (χ0v) is 15.0. The van der Waals surface area contributed by atoms with Crippen LogP contribution in [0, 0.1) is 29.3 Å². The number of nitrogens with zero attached hydrogens (tertiary/aromatic N) is 2. The first kappa shape index (κ1) is 18.0. The minimum Gasteiger partial charge on any atom is -0.335 e. The summed E-state index contributed by atoms with van der Waals surface area (Å²) in [4.78, 5) is 16.1. The molecule has 0 aliphatic carbocycles. The fraction of sp³-hybridized carbons (Fsp3) is 0.381. The Hall–Kier alpha value is -2.34. The summed E-state index contributed by atoms with van der Waals surface area (Å²) < 4.78 is 40.7. The Bertz CT molecular complexity index is 852. The van der Waals surface area contributed by atoms with Crippen LogP contribution in [-0.2, 0) is 11.3 Å². The van der Waals surface area contributed by atoms with Gasteiger partial charge in [0.15, 0.2) is 0 Å². The molecule has 0 N–H and O–H groups in total. The number of carbonyl (C=O) groups is 1. The minimum atomic E-state index is -0.579. The number of fused-ring (bicyclic) bond motifs is 1. The van der Waals surface area contributed by atoms with Crippen LogP contribution < -0.4 is 0 Å². The Labute approximate surface area is 156 Å². The number of amides is 1. The Morgan fingerprint density at radius 2 is 1.74 bits per heavy atom. The van der Waals surface area contributed by atoms with Gasteiger partial charge in [0.05, 0.1) is 6.04 Å². The number of halogens is 3. The van der Waals surface area contributed by atoms with Crippen LogP contribution in [0.2, 0.25) is 0 Å². The minimum absolute atomic E-state index is 0.0163. The van der Waals surface area contributed by atoms with Gasteiger partial charge in [0.25, 0.3) is 0 Å². The number of rotatable bonds is 3. The maximum Gasteiger partial charge on any atom is 0.219 e. The lowest BCUT2D eigenvalue weighted by molar-refractivity contribution is -0.130. The summed E-state index contributed by atoms with van der Waals surface area (Å²) in [5, 5.41) is 0.